The number of hydrogen-bond acceptors (Lipinski definition) is 7. The summed E-state index contributed by atoms with van der Waals surface area (Å²) in [5, 5.41) is 24.8. The van der Waals surface area contributed by atoms with E-state index < -0.39 is 30.5 Å². The maximum absolute atomic E-state index is 12.8. The van der Waals surface area contributed by atoms with E-state index in [1.165, 1.54) is 6.33 Å². The van der Waals surface area contributed by atoms with Crippen molar-refractivity contribution in [3.63, 3.8) is 0 Å². The molecule has 4 rings (SSSR count). The van der Waals surface area contributed by atoms with Gasteiger partial charge in [0.15, 0.2) is 6.23 Å². The quantitative estimate of drug-likeness (QED) is 0.323. The average Bonchev–Trinajstić information content (AvgIpc) is 3.17. The molecule has 2 aliphatic rings. The van der Waals surface area contributed by atoms with Crippen molar-refractivity contribution in [3.8, 4) is 0 Å². The van der Waals surface area contributed by atoms with Crippen LogP contribution in [-0.4, -0.2) is 62.1 Å². The fourth-order valence-corrected chi connectivity index (χ4v) is 4.74. The van der Waals surface area contributed by atoms with Crippen molar-refractivity contribution in [1.29, 1.82) is 0 Å². The Balaban J connectivity index is 1.28. The number of nitrogens with one attached hydrogen (secondary N) is 1. The van der Waals surface area contributed by atoms with Crippen LogP contribution in [0.3, 0.4) is 0 Å². The summed E-state index contributed by atoms with van der Waals surface area (Å²) in [6.07, 6.45) is 4.48. The van der Waals surface area contributed by atoms with E-state index in [0.717, 1.165) is 19.4 Å². The molecule has 2 fully saturated rings. The van der Waals surface area contributed by atoms with Crippen LogP contribution in [0.1, 0.15) is 31.9 Å². The molecule has 0 bridgehead atoms. The van der Waals surface area contributed by atoms with Gasteiger partial charge in [-0.2, -0.15) is 0 Å². The highest BCUT2D eigenvalue weighted by molar-refractivity contribution is 9.10. The minimum atomic E-state index is -2.47. The number of hydrogen-bond donors (Lipinski definition) is 4. The lowest BCUT2D eigenvalue weighted by atomic mass is 9.81. The van der Waals surface area contributed by atoms with Gasteiger partial charge in [0.1, 0.15) is 36.1 Å². The molecule has 0 aromatic carbocycles. The van der Waals surface area contributed by atoms with Gasteiger partial charge in [-0.15, -0.1) is 0 Å². The molecule has 31 heavy (non-hydrogen) atoms. The Kier molecular flexibility index (Phi) is 6.59. The van der Waals surface area contributed by atoms with Crippen LogP contribution in [0.25, 0.3) is 11.0 Å². The first-order valence-corrected chi connectivity index (χ1v) is 11.1. The second kappa shape index (κ2) is 9.07. The molecule has 0 radical (unpaired) electrons. The van der Waals surface area contributed by atoms with Gasteiger partial charge in [-0.1, -0.05) is 12.2 Å². The third-order valence-electron chi connectivity index (χ3n) is 5.80. The van der Waals surface area contributed by atoms with Crippen molar-refractivity contribution < 1.29 is 23.7 Å². The van der Waals surface area contributed by atoms with E-state index in [9.17, 15) is 19.0 Å². The van der Waals surface area contributed by atoms with E-state index in [2.05, 4.69) is 31.2 Å². The molecule has 1 aliphatic carbocycles. The van der Waals surface area contributed by atoms with Gasteiger partial charge < -0.3 is 30.6 Å². The minimum absolute atomic E-state index is 0.0216. The number of aliphatic hydroxyl groups excluding tert-OH is 2. The molecular weight excluding hydrogens is 476 g/mol. The lowest BCUT2D eigenvalue weighted by Gasteiger charge is -2.35. The predicted molar refractivity (Wildman–Crippen MR) is 114 cm³/mol. The Morgan fingerprint density at radius 3 is 2.84 bits per heavy atom. The van der Waals surface area contributed by atoms with Crippen molar-refractivity contribution in [3.05, 3.63) is 29.1 Å². The fraction of sp³-hybridized carbons (Fsp3) is 0.600. The van der Waals surface area contributed by atoms with Crippen LogP contribution in [0.5, 0.6) is 0 Å². The van der Waals surface area contributed by atoms with Crippen molar-refractivity contribution in [2.75, 3.05) is 18.8 Å². The standard InChI is InChI=1S/C20H26BrF2N5O3/c21-12-9-28(18-14(12)17(24)26-10-27-18)19-16(30)15(29)13(31-19)4-2-1-3-5-25-8-11-6-20(22,23)7-11/h2,4,9-11,13,15-16,19,25,29-30H,1,3,5-8H2,(H2,24,26,27)/b4-2+/t13-,15-,16-,19-/m1/s1. The topological polar surface area (TPSA) is 118 Å². The van der Waals surface area contributed by atoms with Gasteiger partial charge in [0.25, 0.3) is 0 Å². The number of nitrogens with zero attached hydrogens (tertiary/aromatic N) is 3. The van der Waals surface area contributed by atoms with Crippen molar-refractivity contribution in [2.45, 2.75) is 56.1 Å². The van der Waals surface area contributed by atoms with Gasteiger partial charge >= 0.3 is 0 Å². The second-order valence-corrected chi connectivity index (χ2v) is 9.07. The summed E-state index contributed by atoms with van der Waals surface area (Å²) in [6, 6.07) is 0. The normalized spacial score (nSPS) is 28.5. The van der Waals surface area contributed by atoms with Crippen LogP contribution in [0.4, 0.5) is 14.6 Å². The SMILES string of the molecule is Nc1ncnc2c1c(Br)cn2[C@@H]1O[C@H](/C=C/CCCNCC2CC(F)(F)C2)[C@@H](O)[C@H]1O. The number of anilines is 1. The number of nitrogen functional groups attached to an aromatic ring is 1. The lowest BCUT2D eigenvalue weighted by molar-refractivity contribution is -0.109. The zero-order valence-electron chi connectivity index (χ0n) is 16.8. The number of aliphatic hydroxyl groups is 2. The number of allylic oxidation sites excluding steroid dienone is 1. The molecule has 1 saturated carbocycles. The summed E-state index contributed by atoms with van der Waals surface area (Å²) >= 11 is 3.42. The van der Waals surface area contributed by atoms with E-state index in [4.69, 9.17) is 10.5 Å². The molecule has 8 nitrogen and oxygen atoms in total. The zero-order chi connectivity index (χ0) is 22.2. The molecule has 2 aromatic heterocycles. The number of unbranched alkanes of at least 4 members (excludes halogenated alkanes) is 1. The lowest BCUT2D eigenvalue weighted by Crippen LogP contribution is -2.41. The Morgan fingerprint density at radius 2 is 2.10 bits per heavy atom. The van der Waals surface area contributed by atoms with E-state index in [0.29, 0.717) is 27.9 Å². The summed E-state index contributed by atoms with van der Waals surface area (Å²) < 4.78 is 33.8. The van der Waals surface area contributed by atoms with Crippen LogP contribution in [0.2, 0.25) is 0 Å². The smallest absolute Gasteiger partial charge is 0.248 e. The van der Waals surface area contributed by atoms with Gasteiger partial charge in [-0.25, -0.2) is 18.7 Å². The Bertz CT molecular complexity index is 948. The highest BCUT2D eigenvalue weighted by Gasteiger charge is 2.45. The molecule has 11 heteroatoms. The van der Waals surface area contributed by atoms with Crippen molar-refractivity contribution in [2.24, 2.45) is 5.92 Å². The molecule has 3 heterocycles. The van der Waals surface area contributed by atoms with Gasteiger partial charge in [0.05, 0.1) is 5.39 Å². The summed E-state index contributed by atoms with van der Waals surface area (Å²) in [6.45, 7) is 1.35. The third-order valence-corrected chi connectivity index (χ3v) is 6.40. The van der Waals surface area contributed by atoms with E-state index >= 15 is 0 Å². The zero-order valence-corrected chi connectivity index (χ0v) is 18.4. The molecule has 1 aliphatic heterocycles. The average molecular weight is 502 g/mol. The monoisotopic (exact) mass is 501 g/mol. The minimum Gasteiger partial charge on any atom is -0.387 e. The Labute approximate surface area is 186 Å². The maximum atomic E-state index is 12.8. The fourth-order valence-electron chi connectivity index (χ4n) is 4.14. The number of fused-ring (bicyclic) bond motifs is 1. The summed E-state index contributed by atoms with van der Waals surface area (Å²) in [5.41, 5.74) is 6.41. The highest BCUT2D eigenvalue weighted by atomic mass is 79.9. The van der Waals surface area contributed by atoms with Gasteiger partial charge in [-0.3, -0.25) is 0 Å². The number of alkyl halides is 2. The number of rotatable bonds is 8. The van der Waals surface area contributed by atoms with E-state index in [1.54, 1.807) is 16.8 Å². The van der Waals surface area contributed by atoms with Gasteiger partial charge in [-0.05, 0) is 47.8 Å². The van der Waals surface area contributed by atoms with Gasteiger partial charge in [0, 0.05) is 23.5 Å². The van der Waals surface area contributed by atoms with Crippen molar-refractivity contribution >= 4 is 32.8 Å². The van der Waals surface area contributed by atoms with Crippen LogP contribution < -0.4 is 11.1 Å². The molecule has 2 aromatic rings. The molecule has 4 atom stereocenters. The van der Waals surface area contributed by atoms with Crippen LogP contribution in [-0.2, 0) is 4.74 Å². The third kappa shape index (κ3) is 4.75. The summed E-state index contributed by atoms with van der Waals surface area (Å²) in [4.78, 5) is 8.20. The summed E-state index contributed by atoms with van der Waals surface area (Å²) in [7, 11) is 0. The second-order valence-electron chi connectivity index (χ2n) is 8.22. The molecule has 0 spiro atoms. The molecular formula is C20H26BrF2N5O3. The van der Waals surface area contributed by atoms with E-state index in [-0.39, 0.29) is 18.8 Å². The first-order chi connectivity index (χ1) is 14.8. The largest absolute Gasteiger partial charge is 0.387 e. The number of nitrogens with two attached hydrogens (primary N) is 1. The first-order valence-electron chi connectivity index (χ1n) is 10.3. The van der Waals surface area contributed by atoms with Crippen LogP contribution in [0, 0.1) is 5.92 Å². The molecule has 170 valence electrons. The van der Waals surface area contributed by atoms with Gasteiger partial charge in [0.2, 0.25) is 5.92 Å². The molecule has 0 unspecified atom stereocenters. The molecule has 1 saturated heterocycles. The summed E-state index contributed by atoms with van der Waals surface area (Å²) in [5.74, 6) is -2.10. The number of aromatic nitrogens is 3. The molecule has 0 amide bonds. The number of halogens is 3. The molecule has 5 N–H and O–H groups in total. The first kappa shape index (κ1) is 22.5. The van der Waals surface area contributed by atoms with E-state index in [1.807, 2.05) is 6.08 Å². The highest BCUT2D eigenvalue weighted by Crippen LogP contribution is 2.41. The van der Waals surface area contributed by atoms with Crippen LogP contribution >= 0.6 is 15.9 Å². The predicted octanol–water partition coefficient (Wildman–Crippen LogP) is 2.37. The Hall–Kier alpha value is -1.66. The van der Waals surface area contributed by atoms with Crippen LogP contribution in [0.15, 0.2) is 29.1 Å². The van der Waals surface area contributed by atoms with Crippen molar-refractivity contribution in [1.82, 2.24) is 19.9 Å². The number of ether oxygens (including phenoxy) is 1. The Morgan fingerprint density at radius 1 is 1.32 bits per heavy atom. The maximum Gasteiger partial charge on any atom is 0.248 e.